The van der Waals surface area contributed by atoms with E-state index in [4.69, 9.17) is 10.00 Å². The van der Waals surface area contributed by atoms with Gasteiger partial charge in [0, 0.05) is 9.75 Å². The quantitative estimate of drug-likeness (QED) is 0.486. The van der Waals surface area contributed by atoms with Gasteiger partial charge in [0.15, 0.2) is 0 Å². The van der Waals surface area contributed by atoms with Crippen molar-refractivity contribution in [2.75, 3.05) is 6.61 Å². The maximum atomic E-state index is 11.5. The molecule has 3 nitrogen and oxygen atoms in total. The molecule has 1 aromatic carbocycles. The molecule has 0 N–H and O–H groups in total. The van der Waals surface area contributed by atoms with Crippen LogP contribution in [0.5, 0.6) is 0 Å². The Morgan fingerprint density at radius 2 is 2.05 bits per heavy atom. The van der Waals surface area contributed by atoms with Gasteiger partial charge in [-0.15, -0.1) is 11.3 Å². The predicted molar refractivity (Wildman–Crippen MR) is 80.0 cm³/mol. The van der Waals surface area contributed by atoms with Gasteiger partial charge in [-0.2, -0.15) is 5.26 Å². The van der Waals surface area contributed by atoms with E-state index in [9.17, 15) is 4.79 Å². The van der Waals surface area contributed by atoms with Crippen LogP contribution in [-0.4, -0.2) is 12.6 Å². The number of thiophene rings is 1. The Morgan fingerprint density at radius 3 is 2.70 bits per heavy atom. The molecule has 1 heterocycles. The van der Waals surface area contributed by atoms with Gasteiger partial charge < -0.3 is 4.74 Å². The predicted octanol–water partition coefficient (Wildman–Crippen LogP) is 3.89. The third-order valence-electron chi connectivity index (χ3n) is 2.59. The summed E-state index contributed by atoms with van der Waals surface area (Å²) in [4.78, 5) is 13.5. The van der Waals surface area contributed by atoms with E-state index >= 15 is 0 Å². The molecule has 0 aliphatic rings. The summed E-state index contributed by atoms with van der Waals surface area (Å²) in [6.45, 7) is 1.98. The number of benzene rings is 1. The molecule has 0 atom stereocenters. The molecule has 1 aromatic heterocycles. The summed E-state index contributed by atoms with van der Waals surface area (Å²) < 4.78 is 4.83. The molecule has 0 radical (unpaired) electrons. The normalized spacial score (nSPS) is 10.9. The zero-order valence-corrected chi connectivity index (χ0v) is 11.8. The van der Waals surface area contributed by atoms with Crippen LogP contribution in [0.25, 0.3) is 16.5 Å². The second-order valence-corrected chi connectivity index (χ2v) is 5.07. The summed E-state index contributed by atoms with van der Waals surface area (Å²) >= 11 is 1.53. The van der Waals surface area contributed by atoms with Gasteiger partial charge in [0.1, 0.15) is 11.6 Å². The van der Waals surface area contributed by atoms with Gasteiger partial charge in [-0.3, -0.25) is 0 Å². The largest absolute Gasteiger partial charge is 0.462 e. The maximum absolute atomic E-state index is 11.5. The molecule has 0 unspecified atom stereocenters. The Labute approximate surface area is 121 Å². The molecular weight excluding hydrogens is 270 g/mol. The first kappa shape index (κ1) is 14.0. The number of hydrogen-bond acceptors (Lipinski definition) is 4. The molecule has 2 aromatic rings. The molecule has 20 heavy (non-hydrogen) atoms. The highest BCUT2D eigenvalue weighted by Gasteiger charge is 2.10. The van der Waals surface area contributed by atoms with Crippen LogP contribution in [-0.2, 0) is 9.53 Å². The van der Waals surface area contributed by atoms with E-state index in [1.807, 2.05) is 48.5 Å². The molecule has 0 spiro atoms. The van der Waals surface area contributed by atoms with E-state index < -0.39 is 5.97 Å². The summed E-state index contributed by atoms with van der Waals surface area (Å²) in [5.74, 6) is -0.579. The van der Waals surface area contributed by atoms with E-state index in [1.165, 1.54) is 11.3 Å². The van der Waals surface area contributed by atoms with E-state index in [1.54, 1.807) is 13.0 Å². The molecule has 0 saturated heterocycles. The van der Waals surface area contributed by atoms with Crippen LogP contribution in [0.1, 0.15) is 11.8 Å². The molecule has 0 amide bonds. The van der Waals surface area contributed by atoms with Crippen molar-refractivity contribution in [2.45, 2.75) is 6.92 Å². The van der Waals surface area contributed by atoms with Gasteiger partial charge in [0.25, 0.3) is 0 Å². The lowest BCUT2D eigenvalue weighted by Gasteiger charge is -1.98. The number of carbonyl (C=O) groups excluding carboxylic acids is 1. The number of ether oxygens (including phenoxy) is 1. The highest BCUT2D eigenvalue weighted by Crippen LogP contribution is 2.29. The third kappa shape index (κ3) is 3.34. The molecule has 0 bridgehead atoms. The fourth-order valence-electron chi connectivity index (χ4n) is 1.68. The van der Waals surface area contributed by atoms with E-state index in [0.29, 0.717) is 0 Å². The molecule has 0 fully saturated rings. The average molecular weight is 283 g/mol. The van der Waals surface area contributed by atoms with Gasteiger partial charge in [0.2, 0.25) is 0 Å². The zero-order valence-electron chi connectivity index (χ0n) is 11.0. The van der Waals surface area contributed by atoms with Crippen LogP contribution < -0.4 is 0 Å². The molecule has 0 saturated carbocycles. The fraction of sp³-hybridized carbons (Fsp3) is 0.125. The Hall–Kier alpha value is -2.38. The summed E-state index contributed by atoms with van der Waals surface area (Å²) in [5, 5.41) is 8.99. The van der Waals surface area contributed by atoms with Crippen molar-refractivity contribution in [2.24, 2.45) is 0 Å². The van der Waals surface area contributed by atoms with Crippen LogP contribution in [0.15, 0.2) is 48.0 Å². The van der Waals surface area contributed by atoms with Crippen molar-refractivity contribution in [3.63, 3.8) is 0 Å². The Morgan fingerprint density at radius 1 is 1.30 bits per heavy atom. The van der Waals surface area contributed by atoms with Gasteiger partial charge in [-0.05, 0) is 30.7 Å². The second-order valence-electron chi connectivity index (χ2n) is 3.96. The van der Waals surface area contributed by atoms with Crippen molar-refractivity contribution in [1.29, 1.82) is 5.26 Å². The standard InChI is InChI=1S/C16H13NO2S/c1-2-19-16(18)13(11-17)10-14-8-9-15(20-14)12-6-4-3-5-7-12/h3-10H,2H2,1H3/b13-10+. The first-order valence-electron chi connectivity index (χ1n) is 6.18. The Kier molecular flexibility index (Phi) is 4.70. The first-order valence-corrected chi connectivity index (χ1v) is 7.00. The zero-order chi connectivity index (χ0) is 14.4. The van der Waals surface area contributed by atoms with Crippen molar-refractivity contribution < 1.29 is 9.53 Å². The Balaban J connectivity index is 2.25. The number of nitriles is 1. The number of hydrogen-bond donors (Lipinski definition) is 0. The van der Waals surface area contributed by atoms with Crippen molar-refractivity contribution in [3.8, 4) is 16.5 Å². The Bertz CT molecular complexity index is 665. The summed E-state index contributed by atoms with van der Waals surface area (Å²) in [6.07, 6.45) is 1.56. The highest BCUT2D eigenvalue weighted by atomic mass is 32.1. The number of rotatable bonds is 4. The number of esters is 1. The van der Waals surface area contributed by atoms with Crippen LogP contribution in [0.4, 0.5) is 0 Å². The highest BCUT2D eigenvalue weighted by molar-refractivity contribution is 7.16. The van der Waals surface area contributed by atoms with Crippen LogP contribution in [0, 0.1) is 11.3 Å². The summed E-state index contributed by atoms with van der Waals surface area (Å²) in [5.41, 5.74) is 1.14. The van der Waals surface area contributed by atoms with Crippen LogP contribution >= 0.6 is 11.3 Å². The van der Waals surface area contributed by atoms with Gasteiger partial charge in [-0.1, -0.05) is 30.3 Å². The monoisotopic (exact) mass is 283 g/mol. The summed E-state index contributed by atoms with van der Waals surface area (Å²) in [6, 6.07) is 15.7. The molecule has 0 aliphatic carbocycles. The van der Waals surface area contributed by atoms with Crippen molar-refractivity contribution >= 4 is 23.4 Å². The lowest BCUT2D eigenvalue weighted by molar-refractivity contribution is -0.137. The molecule has 100 valence electrons. The molecule has 4 heteroatoms. The van der Waals surface area contributed by atoms with Gasteiger partial charge >= 0.3 is 5.97 Å². The second kappa shape index (κ2) is 6.69. The smallest absolute Gasteiger partial charge is 0.348 e. The van der Waals surface area contributed by atoms with Gasteiger partial charge in [-0.25, -0.2) is 4.79 Å². The fourth-order valence-corrected chi connectivity index (χ4v) is 2.63. The third-order valence-corrected chi connectivity index (χ3v) is 3.67. The SMILES string of the molecule is CCOC(=O)/C(C#N)=C/c1ccc(-c2ccccc2)s1. The number of nitrogens with zero attached hydrogens (tertiary/aromatic N) is 1. The minimum Gasteiger partial charge on any atom is -0.462 e. The van der Waals surface area contributed by atoms with Crippen molar-refractivity contribution in [1.82, 2.24) is 0 Å². The molecular formula is C16H13NO2S. The minimum atomic E-state index is -0.579. The van der Waals surface area contributed by atoms with E-state index in [0.717, 1.165) is 15.3 Å². The molecule has 0 aliphatic heterocycles. The van der Waals surface area contributed by atoms with Crippen LogP contribution in [0.3, 0.4) is 0 Å². The molecule has 2 rings (SSSR count). The topological polar surface area (TPSA) is 50.1 Å². The van der Waals surface area contributed by atoms with E-state index in [-0.39, 0.29) is 12.2 Å². The summed E-state index contributed by atoms with van der Waals surface area (Å²) in [7, 11) is 0. The lowest BCUT2D eigenvalue weighted by atomic mass is 10.2. The van der Waals surface area contributed by atoms with Crippen LogP contribution in [0.2, 0.25) is 0 Å². The van der Waals surface area contributed by atoms with Gasteiger partial charge in [0.05, 0.1) is 6.61 Å². The first-order chi connectivity index (χ1) is 9.74. The van der Waals surface area contributed by atoms with Crippen molar-refractivity contribution in [3.05, 3.63) is 52.9 Å². The number of carbonyl (C=O) groups is 1. The maximum Gasteiger partial charge on any atom is 0.348 e. The minimum absolute atomic E-state index is 0.0216. The lowest BCUT2D eigenvalue weighted by Crippen LogP contribution is -2.05. The average Bonchev–Trinajstić information content (AvgIpc) is 2.94. The van der Waals surface area contributed by atoms with E-state index in [2.05, 4.69) is 0 Å².